The van der Waals surface area contributed by atoms with E-state index in [1.54, 1.807) is 7.11 Å². The van der Waals surface area contributed by atoms with Gasteiger partial charge in [-0.3, -0.25) is 0 Å². The molecule has 15 heavy (non-hydrogen) atoms. The van der Waals surface area contributed by atoms with Gasteiger partial charge in [0.05, 0.1) is 13.7 Å². The molecule has 0 aliphatic carbocycles. The number of fused-ring (bicyclic) bond motifs is 1. The van der Waals surface area contributed by atoms with E-state index < -0.39 is 0 Å². The Hall–Kier alpha value is -1.70. The van der Waals surface area contributed by atoms with E-state index >= 15 is 0 Å². The minimum absolute atomic E-state index is 0.663. The minimum atomic E-state index is 0.663. The summed E-state index contributed by atoms with van der Waals surface area (Å²) in [5.41, 5.74) is 3.15. The molecule has 1 aliphatic rings. The van der Waals surface area contributed by atoms with Gasteiger partial charge in [-0.25, -0.2) is 0 Å². The zero-order valence-electron chi connectivity index (χ0n) is 8.88. The summed E-state index contributed by atoms with van der Waals surface area (Å²) in [4.78, 5) is 0. The van der Waals surface area contributed by atoms with E-state index in [0.717, 1.165) is 35.5 Å². The monoisotopic (exact) mass is 202 g/mol. The van der Waals surface area contributed by atoms with Crippen molar-refractivity contribution >= 4 is 11.3 Å². The minimum Gasteiger partial charge on any atom is -0.497 e. The second-order valence-electron chi connectivity index (χ2n) is 3.54. The summed E-state index contributed by atoms with van der Waals surface area (Å²) >= 11 is 0. The quantitative estimate of drug-likeness (QED) is 0.686. The molecule has 0 bridgehead atoms. The molecule has 0 atom stereocenters. The highest BCUT2D eigenvalue weighted by atomic mass is 16.5. The van der Waals surface area contributed by atoms with Crippen LogP contribution in [0, 0.1) is 0 Å². The van der Waals surface area contributed by atoms with Crippen LogP contribution in [-0.2, 0) is 4.74 Å². The summed E-state index contributed by atoms with van der Waals surface area (Å²) in [7, 11) is 1.62. The van der Waals surface area contributed by atoms with Gasteiger partial charge in [-0.05, 0) is 23.8 Å². The summed E-state index contributed by atoms with van der Waals surface area (Å²) in [5.74, 6) is 1.56. The van der Waals surface area contributed by atoms with Gasteiger partial charge >= 0.3 is 0 Å². The van der Waals surface area contributed by atoms with Crippen LogP contribution < -0.4 is 4.74 Å². The second kappa shape index (κ2) is 3.81. The third kappa shape index (κ3) is 1.75. The van der Waals surface area contributed by atoms with Crippen LogP contribution in [0.3, 0.4) is 0 Å². The summed E-state index contributed by atoms with van der Waals surface area (Å²) in [6.07, 6.45) is 0.885. The maximum atomic E-state index is 5.53. The van der Waals surface area contributed by atoms with E-state index in [0.29, 0.717) is 5.76 Å². The SMILES string of the molecule is C=C(OC)c1ccc2c(c1)C(=C)CCO2. The third-order valence-electron chi connectivity index (χ3n) is 2.59. The standard InChI is InChI=1S/C13H14O2/c1-9-6-7-15-13-5-4-11(8-12(9)13)10(2)14-3/h4-5,8H,1-2,6-7H2,3H3. The van der Waals surface area contributed by atoms with Gasteiger partial charge in [0.2, 0.25) is 0 Å². The maximum absolute atomic E-state index is 5.53. The summed E-state index contributed by atoms with van der Waals surface area (Å²) in [6.45, 7) is 8.57. The highest BCUT2D eigenvalue weighted by Gasteiger charge is 2.14. The molecule has 0 N–H and O–H groups in total. The predicted octanol–water partition coefficient (Wildman–Crippen LogP) is 3.10. The van der Waals surface area contributed by atoms with E-state index in [1.807, 2.05) is 18.2 Å². The molecule has 0 saturated heterocycles. The first kappa shape index (κ1) is 9.84. The highest BCUT2D eigenvalue weighted by Crippen LogP contribution is 2.33. The van der Waals surface area contributed by atoms with Crippen molar-refractivity contribution in [2.75, 3.05) is 13.7 Å². The van der Waals surface area contributed by atoms with Crippen LogP contribution in [-0.4, -0.2) is 13.7 Å². The van der Waals surface area contributed by atoms with Gasteiger partial charge in [-0.1, -0.05) is 13.2 Å². The molecule has 0 unspecified atom stereocenters. The van der Waals surface area contributed by atoms with E-state index in [2.05, 4.69) is 13.2 Å². The molecule has 78 valence electrons. The number of hydrogen-bond acceptors (Lipinski definition) is 2. The Morgan fingerprint density at radius 3 is 3.00 bits per heavy atom. The molecule has 0 radical (unpaired) electrons. The van der Waals surface area contributed by atoms with Crippen LogP contribution in [0.5, 0.6) is 5.75 Å². The number of rotatable bonds is 2. The van der Waals surface area contributed by atoms with Crippen molar-refractivity contribution in [2.24, 2.45) is 0 Å². The zero-order valence-corrected chi connectivity index (χ0v) is 8.88. The van der Waals surface area contributed by atoms with Crippen LogP contribution in [0.2, 0.25) is 0 Å². The average molecular weight is 202 g/mol. The first-order valence-corrected chi connectivity index (χ1v) is 4.90. The van der Waals surface area contributed by atoms with Gasteiger partial charge in [0.15, 0.2) is 0 Å². The molecule has 0 saturated carbocycles. The summed E-state index contributed by atoms with van der Waals surface area (Å²) in [5, 5.41) is 0. The van der Waals surface area contributed by atoms with Crippen molar-refractivity contribution in [3.63, 3.8) is 0 Å². The van der Waals surface area contributed by atoms with Gasteiger partial charge in [0, 0.05) is 17.5 Å². The first-order chi connectivity index (χ1) is 7.22. The van der Waals surface area contributed by atoms with Crippen molar-refractivity contribution in [2.45, 2.75) is 6.42 Å². The second-order valence-corrected chi connectivity index (χ2v) is 3.54. The lowest BCUT2D eigenvalue weighted by molar-refractivity contribution is 0.316. The van der Waals surface area contributed by atoms with E-state index in [9.17, 15) is 0 Å². The number of hydrogen-bond donors (Lipinski definition) is 0. The fourth-order valence-corrected chi connectivity index (χ4v) is 1.64. The van der Waals surface area contributed by atoms with Crippen LogP contribution in [0.15, 0.2) is 31.4 Å². The Morgan fingerprint density at radius 1 is 1.47 bits per heavy atom. The molecule has 0 fully saturated rings. The smallest absolute Gasteiger partial charge is 0.126 e. The molecule has 0 amide bonds. The predicted molar refractivity (Wildman–Crippen MR) is 61.6 cm³/mol. The molecule has 0 aromatic heterocycles. The maximum Gasteiger partial charge on any atom is 0.126 e. The number of benzene rings is 1. The lowest BCUT2D eigenvalue weighted by Gasteiger charge is -2.20. The average Bonchev–Trinajstić information content (AvgIpc) is 2.28. The van der Waals surface area contributed by atoms with Crippen LogP contribution >= 0.6 is 0 Å². The molecule has 2 nitrogen and oxygen atoms in total. The molecule has 2 rings (SSSR count). The van der Waals surface area contributed by atoms with Crippen LogP contribution in [0.25, 0.3) is 11.3 Å². The third-order valence-corrected chi connectivity index (χ3v) is 2.59. The van der Waals surface area contributed by atoms with Gasteiger partial charge in [-0.2, -0.15) is 0 Å². The van der Waals surface area contributed by atoms with Gasteiger partial charge in [0.25, 0.3) is 0 Å². The Kier molecular flexibility index (Phi) is 2.50. The Bertz CT molecular complexity index is 419. The van der Waals surface area contributed by atoms with Gasteiger partial charge in [-0.15, -0.1) is 0 Å². The molecule has 1 aromatic rings. The van der Waals surface area contributed by atoms with E-state index in [4.69, 9.17) is 9.47 Å². The molecular formula is C13H14O2. The molecule has 1 heterocycles. The van der Waals surface area contributed by atoms with E-state index in [-0.39, 0.29) is 0 Å². The van der Waals surface area contributed by atoms with Crippen molar-refractivity contribution < 1.29 is 9.47 Å². The van der Waals surface area contributed by atoms with E-state index in [1.165, 1.54) is 0 Å². The molecular weight excluding hydrogens is 188 g/mol. The normalized spacial score (nSPS) is 14.1. The largest absolute Gasteiger partial charge is 0.497 e. The van der Waals surface area contributed by atoms with Gasteiger partial charge in [0.1, 0.15) is 11.5 Å². The highest BCUT2D eigenvalue weighted by molar-refractivity contribution is 5.74. The van der Waals surface area contributed by atoms with Crippen molar-refractivity contribution in [1.29, 1.82) is 0 Å². The zero-order chi connectivity index (χ0) is 10.8. The van der Waals surface area contributed by atoms with Gasteiger partial charge < -0.3 is 9.47 Å². The van der Waals surface area contributed by atoms with Crippen molar-refractivity contribution in [1.82, 2.24) is 0 Å². The fraction of sp³-hybridized carbons (Fsp3) is 0.231. The molecule has 1 aromatic carbocycles. The molecule has 2 heteroatoms. The summed E-state index contributed by atoms with van der Waals surface area (Å²) < 4.78 is 10.6. The topological polar surface area (TPSA) is 18.5 Å². The fourth-order valence-electron chi connectivity index (χ4n) is 1.64. The number of methoxy groups -OCH3 is 1. The Morgan fingerprint density at radius 2 is 2.27 bits per heavy atom. The van der Waals surface area contributed by atoms with Crippen LogP contribution in [0.4, 0.5) is 0 Å². The van der Waals surface area contributed by atoms with Crippen molar-refractivity contribution in [3.8, 4) is 5.75 Å². The van der Waals surface area contributed by atoms with Crippen molar-refractivity contribution in [3.05, 3.63) is 42.5 Å². The Balaban J connectivity index is 2.44. The number of ether oxygens (including phenoxy) is 2. The summed E-state index contributed by atoms with van der Waals surface area (Å²) in [6, 6.07) is 5.91. The Labute approximate surface area is 89.8 Å². The molecule has 1 aliphatic heterocycles. The van der Waals surface area contributed by atoms with Crippen LogP contribution in [0.1, 0.15) is 17.5 Å². The molecule has 0 spiro atoms. The lowest BCUT2D eigenvalue weighted by atomic mass is 9.99. The lowest BCUT2D eigenvalue weighted by Crippen LogP contribution is -2.07. The first-order valence-electron chi connectivity index (χ1n) is 4.90.